The number of carbonyl (C=O) groups excluding carboxylic acids is 1. The first-order chi connectivity index (χ1) is 42.9. The van der Waals surface area contributed by atoms with Crippen molar-refractivity contribution in [2.45, 2.75) is 315 Å². The third kappa shape index (κ3) is 16.8. The molecule has 10 rings (SSSR count). The van der Waals surface area contributed by atoms with Gasteiger partial charge in [-0.05, 0) is 146 Å². The second-order valence-electron chi connectivity index (χ2n) is 30.7. The van der Waals surface area contributed by atoms with Crippen LogP contribution < -0.4 is 0 Å². The van der Waals surface area contributed by atoms with E-state index in [0.717, 1.165) is 54.1 Å². The number of hydrogen-bond donors (Lipinski definition) is 0. The predicted octanol–water partition coefficient (Wildman–Crippen LogP) is 15.6. The number of fused-ring (bicyclic) bond motifs is 1. The first-order valence-electron chi connectivity index (χ1n) is 34.5. The molecule has 0 aliphatic carbocycles. The third-order valence-electron chi connectivity index (χ3n) is 22.8. The van der Waals surface area contributed by atoms with Crippen molar-refractivity contribution in [1.82, 2.24) is 0 Å². The topological polar surface area (TPSA) is 162 Å². The van der Waals surface area contributed by atoms with Gasteiger partial charge in [-0.3, -0.25) is 0 Å². The lowest BCUT2D eigenvalue weighted by Gasteiger charge is -2.47. The van der Waals surface area contributed by atoms with Gasteiger partial charge < -0.3 is 55.9 Å². The zero-order chi connectivity index (χ0) is 66.1. The summed E-state index contributed by atoms with van der Waals surface area (Å²) < 4.78 is 117. The number of benzene rings is 2. The number of sulfone groups is 1. The zero-order valence-corrected chi connectivity index (χ0v) is 63.1. The number of esters is 1. The molecule has 15 nitrogen and oxygen atoms in total. The molecule has 0 aromatic heterocycles. The lowest BCUT2D eigenvalue weighted by atomic mass is 9.81. The van der Waals surface area contributed by atoms with Crippen molar-refractivity contribution in [2.24, 2.45) is 11.8 Å². The molecule has 8 fully saturated rings. The van der Waals surface area contributed by atoms with Crippen LogP contribution in [0.15, 0.2) is 88.8 Å². The van der Waals surface area contributed by atoms with Crippen LogP contribution in [0.3, 0.4) is 0 Å². The summed E-state index contributed by atoms with van der Waals surface area (Å²) in [6.45, 7) is 41.6. The summed E-state index contributed by atoms with van der Waals surface area (Å²) in [5, 5.41) is -1.07. The predicted molar refractivity (Wildman–Crippen MR) is 368 cm³/mol. The normalized spacial score (nSPS) is 32.9. The van der Waals surface area contributed by atoms with E-state index in [1.165, 1.54) is 0 Å². The molecule has 2 aromatic rings. The number of rotatable bonds is 31. The van der Waals surface area contributed by atoms with Gasteiger partial charge >= 0.3 is 5.97 Å². The minimum Gasteiger partial charge on any atom is -0.458 e. The van der Waals surface area contributed by atoms with Gasteiger partial charge in [0.05, 0.1) is 77.3 Å². The molecule has 20 heteroatoms. The van der Waals surface area contributed by atoms with E-state index in [1.54, 1.807) is 43.5 Å². The van der Waals surface area contributed by atoms with Crippen LogP contribution >= 0.6 is 15.9 Å². The number of carbonyl (C=O) groups is 1. The lowest BCUT2D eigenvalue weighted by molar-refractivity contribution is -0.293. The molecule has 0 N–H and O–H groups in total. The Morgan fingerprint density at radius 1 is 0.747 bits per heavy atom. The highest BCUT2D eigenvalue weighted by Crippen LogP contribution is 2.55. The highest BCUT2D eigenvalue weighted by Gasteiger charge is 2.69. The molecule has 2 aromatic carbocycles. The average molecular weight is 1400 g/mol. The van der Waals surface area contributed by atoms with Crippen LogP contribution in [0.4, 0.5) is 0 Å². The molecule has 15 unspecified atom stereocenters. The van der Waals surface area contributed by atoms with Crippen molar-refractivity contribution in [3.63, 3.8) is 0 Å². The summed E-state index contributed by atoms with van der Waals surface area (Å²) in [5.41, 5.74) is 1.48. The average Bonchev–Trinajstić information content (AvgIpc) is 1.57. The fraction of sp³-hybridized carbons (Fsp3) is 0.761. The standard InChI is InChI=1S/C71H113BrO15SSi3/c1-18-91(19-2,20-3)77-39-27-30-51-40-46(4)48(6)56(79-51)43-57-61(62(76-13)58(82-57)42-53(87-90(16,17)70(10,11)12)45-78-89(14,15)69(7,8)9)60(88(74,75)54-31-25-22-26-32-54)36-34-50-33-35-55-63(80-50)67-66-65(83-55)64-59(84-66)44-71(85-64,86-67)38-37-52(41-47(5)72)81-68(73)49-28-23-21-24-29-49/h21-26,28-29,31-32,46,50-53,55-67H,5-6,18-20,27,30,33-45H2,1-4,7-17H3/t46?,50?,51?,52?,53?,55?,56?,57-,58?,59?,60?,61?,62-,63-,64?,65-,66?,67?,71?/m0/s1. The van der Waals surface area contributed by atoms with Crippen LogP contribution in [-0.4, -0.2) is 162 Å². The van der Waals surface area contributed by atoms with Crippen LogP contribution in [0.25, 0.3) is 0 Å². The molecule has 8 aliphatic heterocycles. The van der Waals surface area contributed by atoms with Gasteiger partial charge in [-0.15, -0.1) is 0 Å². The molecular formula is C71H113BrO15SSi3. The van der Waals surface area contributed by atoms with E-state index in [-0.39, 0.29) is 76.1 Å². The van der Waals surface area contributed by atoms with Crippen molar-refractivity contribution >= 4 is 56.7 Å². The molecule has 0 spiro atoms. The molecule has 6 bridgehead atoms. The Balaban J connectivity index is 1.00. The van der Waals surface area contributed by atoms with E-state index in [9.17, 15) is 4.79 Å². The number of ether oxygens (including phenoxy) is 9. The van der Waals surface area contributed by atoms with Crippen LogP contribution in [0.2, 0.25) is 54.4 Å². The summed E-state index contributed by atoms with van der Waals surface area (Å²) in [7, 11) is -8.76. The van der Waals surface area contributed by atoms with E-state index in [0.29, 0.717) is 70.0 Å². The quantitative estimate of drug-likeness (QED) is 0.0303. The van der Waals surface area contributed by atoms with Crippen molar-refractivity contribution in [2.75, 3.05) is 20.3 Å². The summed E-state index contributed by atoms with van der Waals surface area (Å²) in [5.74, 6) is -1.87. The Morgan fingerprint density at radius 2 is 1.38 bits per heavy atom. The highest BCUT2D eigenvalue weighted by molar-refractivity contribution is 9.11. The summed E-state index contributed by atoms with van der Waals surface area (Å²) in [4.78, 5) is 13.6. The lowest BCUT2D eigenvalue weighted by Crippen LogP contribution is -2.61. The van der Waals surface area contributed by atoms with Gasteiger partial charge in [0.1, 0.15) is 36.6 Å². The second-order valence-corrected chi connectivity index (χ2v) is 48.3. The molecule has 19 atom stereocenters. The molecule has 0 saturated carbocycles. The van der Waals surface area contributed by atoms with Gasteiger partial charge in [0.2, 0.25) is 0 Å². The number of methoxy groups -OCH3 is 1. The Morgan fingerprint density at radius 3 is 2.02 bits per heavy atom. The molecular weight excluding hydrogens is 1290 g/mol. The van der Waals surface area contributed by atoms with Gasteiger partial charge in [0.15, 0.2) is 40.6 Å². The third-order valence-corrected chi connectivity index (χ3v) is 39.1. The van der Waals surface area contributed by atoms with Gasteiger partial charge in [0, 0.05) is 51.7 Å². The van der Waals surface area contributed by atoms with Gasteiger partial charge in [-0.2, -0.15) is 0 Å². The Hall–Kier alpha value is -1.97. The minimum atomic E-state index is -4.08. The molecule has 0 amide bonds. The van der Waals surface area contributed by atoms with Crippen molar-refractivity contribution < 1.29 is 69.1 Å². The van der Waals surface area contributed by atoms with E-state index in [4.69, 9.17) is 62.5 Å². The first-order valence-corrected chi connectivity index (χ1v) is 45.2. The summed E-state index contributed by atoms with van der Waals surface area (Å²) >= 11 is 3.53. The van der Waals surface area contributed by atoms with Crippen molar-refractivity contribution in [1.29, 1.82) is 0 Å². The maximum Gasteiger partial charge on any atom is 0.338 e. The van der Waals surface area contributed by atoms with Crippen LogP contribution in [0, 0.1) is 11.8 Å². The molecule has 8 heterocycles. The number of halogens is 1. The molecule has 8 aliphatic rings. The maximum absolute atomic E-state index is 16.0. The molecule has 512 valence electrons. The maximum atomic E-state index is 16.0. The molecule has 91 heavy (non-hydrogen) atoms. The van der Waals surface area contributed by atoms with Crippen LogP contribution in [0.5, 0.6) is 0 Å². The number of hydrogen-bond acceptors (Lipinski definition) is 15. The molecule has 0 radical (unpaired) electrons. The van der Waals surface area contributed by atoms with E-state index < -0.39 is 100 Å². The monoisotopic (exact) mass is 1400 g/mol. The summed E-state index contributed by atoms with van der Waals surface area (Å²) in [6, 6.07) is 21.2. The Kier molecular flexibility index (Phi) is 24.2. The SMILES string of the molecule is C=C(Br)CC(CCC12CC3OC4C(O1)[C@H]1OC(CCC(C5[C@@H](OC)C(CC(CO[Si](C)(C)C(C)(C)C)O[Si](C)(C)C(C)(C)C)O[C@H]5CC5OC(CCCO[Si](CC)(CC)CC)CC(C)C5=C)S(=O)(=O)c5ccccc5)CCC1O[C@H]4C3O2)OC(=O)c1ccccc1. The van der Waals surface area contributed by atoms with E-state index in [1.807, 2.05) is 24.3 Å². The van der Waals surface area contributed by atoms with Crippen LogP contribution in [-0.2, 0) is 65.7 Å². The summed E-state index contributed by atoms with van der Waals surface area (Å²) in [6.07, 6.45) is 1.46. The second kappa shape index (κ2) is 30.0. The zero-order valence-electron chi connectivity index (χ0n) is 57.7. The molecule has 8 saturated heterocycles. The van der Waals surface area contributed by atoms with Gasteiger partial charge in [-0.25, -0.2) is 13.2 Å². The van der Waals surface area contributed by atoms with Crippen molar-refractivity contribution in [3.05, 3.63) is 89.4 Å². The smallest absolute Gasteiger partial charge is 0.338 e. The highest BCUT2D eigenvalue weighted by atomic mass is 79.9. The van der Waals surface area contributed by atoms with E-state index in [2.05, 4.69) is 118 Å². The first kappa shape index (κ1) is 73.3. The Bertz CT molecular complexity index is 2840. The van der Waals surface area contributed by atoms with Crippen LogP contribution in [0.1, 0.15) is 163 Å². The van der Waals surface area contributed by atoms with E-state index >= 15 is 8.42 Å². The van der Waals surface area contributed by atoms with Gasteiger partial charge in [-0.1, -0.05) is 135 Å². The Labute approximate surface area is 558 Å². The fourth-order valence-corrected chi connectivity index (χ4v) is 22.6. The minimum absolute atomic E-state index is 0.0135. The van der Waals surface area contributed by atoms with Gasteiger partial charge in [0.25, 0.3) is 0 Å². The fourth-order valence-electron chi connectivity index (χ4n) is 15.0. The van der Waals surface area contributed by atoms with Crippen molar-refractivity contribution in [3.8, 4) is 0 Å². The largest absolute Gasteiger partial charge is 0.458 e.